The van der Waals surface area contributed by atoms with Crippen LogP contribution < -0.4 is 0 Å². The van der Waals surface area contributed by atoms with Gasteiger partial charge in [-0.3, -0.25) is 4.79 Å². The van der Waals surface area contributed by atoms with Gasteiger partial charge in [0.15, 0.2) is 0 Å². The normalized spacial score (nSPS) is 44.9. The third-order valence-electron chi connectivity index (χ3n) is 7.02. The number of hydrogen-bond donors (Lipinski definition) is 1. The van der Waals surface area contributed by atoms with Gasteiger partial charge in [-0.1, -0.05) is 55.5 Å². The minimum Gasteiger partial charge on any atom is -0.481 e. The molecule has 0 heterocycles. The first-order valence-electron chi connectivity index (χ1n) is 9.63. The molecule has 0 bridgehead atoms. The van der Waals surface area contributed by atoms with Gasteiger partial charge in [0.25, 0.3) is 0 Å². The topological polar surface area (TPSA) is 37.3 Å². The van der Waals surface area contributed by atoms with Crippen molar-refractivity contribution in [3.05, 3.63) is 48.6 Å². The van der Waals surface area contributed by atoms with E-state index in [2.05, 4.69) is 49.5 Å². The molecule has 8 atom stereocenters. The molecular formula is C22H28O2. The molecule has 0 amide bonds. The summed E-state index contributed by atoms with van der Waals surface area (Å²) in [6.07, 6.45) is 22.5. The largest absolute Gasteiger partial charge is 0.481 e. The molecule has 0 aromatic rings. The molecule has 0 aromatic heterocycles. The number of allylic oxidation sites excluding steroid dienone is 7. The van der Waals surface area contributed by atoms with E-state index in [9.17, 15) is 9.90 Å². The Bertz CT molecular complexity index is 611. The van der Waals surface area contributed by atoms with Crippen LogP contribution in [0.3, 0.4) is 0 Å². The van der Waals surface area contributed by atoms with Gasteiger partial charge >= 0.3 is 5.97 Å². The van der Waals surface area contributed by atoms with E-state index in [1.807, 2.05) is 6.08 Å². The summed E-state index contributed by atoms with van der Waals surface area (Å²) in [7, 11) is 0. The minimum absolute atomic E-state index is 0.240. The van der Waals surface area contributed by atoms with Gasteiger partial charge in [0, 0.05) is 0 Å². The second-order valence-electron chi connectivity index (χ2n) is 8.01. The minimum atomic E-state index is -0.651. The number of rotatable bonds is 6. The molecule has 8 unspecified atom stereocenters. The molecule has 1 N–H and O–H groups in total. The maximum atomic E-state index is 11.6. The van der Waals surface area contributed by atoms with Crippen LogP contribution >= 0.6 is 0 Å². The van der Waals surface area contributed by atoms with Crippen LogP contribution in [0.1, 0.15) is 32.6 Å². The van der Waals surface area contributed by atoms with Gasteiger partial charge in [-0.25, -0.2) is 0 Å². The van der Waals surface area contributed by atoms with Crippen LogP contribution in [0.15, 0.2) is 48.6 Å². The maximum Gasteiger partial charge on any atom is 0.310 e. The highest BCUT2D eigenvalue weighted by Gasteiger charge is 2.62. The van der Waals surface area contributed by atoms with Crippen molar-refractivity contribution < 1.29 is 9.90 Å². The number of aliphatic carboxylic acids is 1. The first-order chi connectivity index (χ1) is 11.7. The molecule has 0 aromatic carbocycles. The second-order valence-corrected chi connectivity index (χ2v) is 8.01. The van der Waals surface area contributed by atoms with Crippen LogP contribution in [0.25, 0.3) is 0 Å². The van der Waals surface area contributed by atoms with Crippen molar-refractivity contribution >= 4 is 5.97 Å². The molecule has 2 saturated carbocycles. The standard InChI is InChI=1S/C22H28O2/c1-2-3-4-5-6-7-8-15-16-11-12-17-18(22(23)24)10-9-14-13-19(15)21(16)20(14)17/h3-6,9-12,14-21H,2,7-8,13H2,1H3,(H,23,24). The summed E-state index contributed by atoms with van der Waals surface area (Å²) in [6, 6.07) is 0. The van der Waals surface area contributed by atoms with Gasteiger partial charge in [-0.05, 0) is 67.1 Å². The van der Waals surface area contributed by atoms with E-state index in [1.54, 1.807) is 0 Å². The first-order valence-corrected chi connectivity index (χ1v) is 9.63. The van der Waals surface area contributed by atoms with Gasteiger partial charge in [-0.2, -0.15) is 0 Å². The van der Waals surface area contributed by atoms with Crippen molar-refractivity contribution in [1.82, 2.24) is 0 Å². The van der Waals surface area contributed by atoms with Crippen LogP contribution in [0.2, 0.25) is 0 Å². The molecule has 4 aliphatic rings. The highest BCUT2D eigenvalue weighted by molar-refractivity contribution is 5.73. The van der Waals surface area contributed by atoms with Gasteiger partial charge < -0.3 is 5.11 Å². The molecule has 24 heavy (non-hydrogen) atoms. The van der Waals surface area contributed by atoms with E-state index in [4.69, 9.17) is 0 Å². The van der Waals surface area contributed by atoms with E-state index >= 15 is 0 Å². The van der Waals surface area contributed by atoms with Gasteiger partial charge in [0.2, 0.25) is 0 Å². The Kier molecular flexibility index (Phi) is 4.24. The smallest absolute Gasteiger partial charge is 0.310 e. The lowest BCUT2D eigenvalue weighted by Gasteiger charge is -2.54. The molecule has 0 spiro atoms. The van der Waals surface area contributed by atoms with Crippen LogP contribution in [-0.2, 0) is 4.79 Å². The van der Waals surface area contributed by atoms with Crippen molar-refractivity contribution in [1.29, 1.82) is 0 Å². The Balaban J connectivity index is 1.44. The van der Waals surface area contributed by atoms with Crippen molar-refractivity contribution in [3.63, 3.8) is 0 Å². The van der Waals surface area contributed by atoms with E-state index in [1.165, 1.54) is 19.3 Å². The zero-order valence-electron chi connectivity index (χ0n) is 14.4. The summed E-state index contributed by atoms with van der Waals surface area (Å²) in [4.78, 5) is 11.6. The Labute approximate surface area is 145 Å². The molecular weight excluding hydrogens is 296 g/mol. The van der Waals surface area contributed by atoms with Crippen molar-refractivity contribution in [2.24, 2.45) is 47.3 Å². The molecule has 0 aliphatic heterocycles. The lowest BCUT2D eigenvalue weighted by Crippen LogP contribution is -2.50. The van der Waals surface area contributed by atoms with E-state index in [0.29, 0.717) is 17.8 Å². The molecule has 2 fully saturated rings. The predicted octanol–water partition coefficient (Wildman–Crippen LogP) is 4.86. The van der Waals surface area contributed by atoms with E-state index in [-0.39, 0.29) is 11.8 Å². The Morgan fingerprint density at radius 2 is 1.88 bits per heavy atom. The van der Waals surface area contributed by atoms with Gasteiger partial charge in [-0.15, -0.1) is 0 Å². The monoisotopic (exact) mass is 324 g/mol. The average Bonchev–Trinajstić information content (AvgIpc) is 2.91. The Morgan fingerprint density at radius 3 is 2.67 bits per heavy atom. The first kappa shape index (κ1) is 15.9. The number of carbonyl (C=O) groups is 1. The van der Waals surface area contributed by atoms with Gasteiger partial charge in [0.05, 0.1) is 5.92 Å². The summed E-state index contributed by atoms with van der Waals surface area (Å²) in [5, 5.41) is 9.51. The SMILES string of the molecule is CCC=CC=CCCC1C2C=CC3C(C(=O)O)C=CC4CC1C2C43. The number of carboxylic acids is 1. The highest BCUT2D eigenvalue weighted by Crippen LogP contribution is 2.67. The van der Waals surface area contributed by atoms with Crippen LogP contribution in [0.5, 0.6) is 0 Å². The van der Waals surface area contributed by atoms with Crippen LogP contribution in [-0.4, -0.2) is 11.1 Å². The predicted molar refractivity (Wildman–Crippen MR) is 96.3 cm³/mol. The quantitative estimate of drug-likeness (QED) is 0.559. The summed E-state index contributed by atoms with van der Waals surface area (Å²) >= 11 is 0. The van der Waals surface area contributed by atoms with E-state index < -0.39 is 5.97 Å². The summed E-state index contributed by atoms with van der Waals surface area (Å²) < 4.78 is 0. The molecule has 2 nitrogen and oxygen atoms in total. The Morgan fingerprint density at radius 1 is 1.08 bits per heavy atom. The van der Waals surface area contributed by atoms with Crippen molar-refractivity contribution in [2.75, 3.05) is 0 Å². The Hall–Kier alpha value is -1.57. The summed E-state index contributed by atoms with van der Waals surface area (Å²) in [5.41, 5.74) is 0. The second kappa shape index (κ2) is 6.38. The number of hydrogen-bond acceptors (Lipinski definition) is 1. The third kappa shape index (κ3) is 2.42. The zero-order valence-corrected chi connectivity index (χ0v) is 14.4. The van der Waals surface area contributed by atoms with Crippen molar-refractivity contribution in [3.8, 4) is 0 Å². The fourth-order valence-electron chi connectivity index (χ4n) is 6.11. The van der Waals surface area contributed by atoms with Crippen molar-refractivity contribution in [2.45, 2.75) is 32.6 Å². The third-order valence-corrected chi connectivity index (χ3v) is 7.02. The van der Waals surface area contributed by atoms with Gasteiger partial charge in [0.1, 0.15) is 0 Å². The lowest BCUT2D eigenvalue weighted by atomic mass is 9.50. The van der Waals surface area contributed by atoms with Crippen LogP contribution in [0.4, 0.5) is 0 Å². The van der Waals surface area contributed by atoms with Crippen LogP contribution in [0, 0.1) is 47.3 Å². The number of carboxylic acid groups (broad SMARTS) is 1. The zero-order chi connectivity index (χ0) is 16.7. The fourth-order valence-corrected chi connectivity index (χ4v) is 6.11. The average molecular weight is 324 g/mol. The fraction of sp³-hybridized carbons (Fsp3) is 0.591. The molecule has 128 valence electrons. The molecule has 4 aliphatic carbocycles. The summed E-state index contributed by atoms with van der Waals surface area (Å²) in [5.74, 6) is 3.62. The molecule has 2 heteroatoms. The van der Waals surface area contributed by atoms with E-state index in [0.717, 1.165) is 24.2 Å². The molecule has 0 radical (unpaired) electrons. The molecule has 4 rings (SSSR count). The maximum absolute atomic E-state index is 11.6. The highest BCUT2D eigenvalue weighted by atomic mass is 16.4. The lowest BCUT2D eigenvalue weighted by molar-refractivity contribution is -0.143. The summed E-state index contributed by atoms with van der Waals surface area (Å²) in [6.45, 7) is 2.16. The molecule has 0 saturated heterocycles.